The Bertz CT molecular complexity index is 153. The summed E-state index contributed by atoms with van der Waals surface area (Å²) in [6, 6.07) is 0. The van der Waals surface area contributed by atoms with E-state index in [1.807, 2.05) is 6.92 Å². The highest BCUT2D eigenvalue weighted by molar-refractivity contribution is 6.42. The molecule has 0 amide bonds. The zero-order chi connectivity index (χ0) is 13.5. The lowest BCUT2D eigenvalue weighted by Gasteiger charge is -2.05. The van der Waals surface area contributed by atoms with E-state index < -0.39 is 7.12 Å². The summed E-state index contributed by atoms with van der Waals surface area (Å²) in [5.41, 5.74) is 0. The Kier molecular flexibility index (Phi) is 15.0. The fourth-order valence-electron chi connectivity index (χ4n) is 2.10. The molecule has 0 rings (SSSR count). The van der Waals surface area contributed by atoms with Crippen LogP contribution >= 0.6 is 0 Å². The van der Waals surface area contributed by atoms with Crippen molar-refractivity contribution in [1.29, 1.82) is 0 Å². The number of hydrogen-bond donors (Lipinski definition) is 1. The van der Waals surface area contributed by atoms with Crippen molar-refractivity contribution in [2.75, 3.05) is 6.61 Å². The number of rotatable bonds is 14. The fraction of sp³-hybridized carbons (Fsp3) is 1.00. The highest BCUT2D eigenvalue weighted by Gasteiger charge is 2.07. The first-order valence-electron chi connectivity index (χ1n) is 8.11. The van der Waals surface area contributed by atoms with E-state index in [1.54, 1.807) is 0 Å². The van der Waals surface area contributed by atoms with Crippen LogP contribution in [0.5, 0.6) is 0 Å². The Hall–Kier alpha value is -0.0151. The van der Waals surface area contributed by atoms with Crippen molar-refractivity contribution in [2.24, 2.45) is 0 Å². The average Bonchev–Trinajstić information content (AvgIpc) is 2.39. The zero-order valence-electron chi connectivity index (χ0n) is 12.6. The molecule has 2 nitrogen and oxygen atoms in total. The van der Waals surface area contributed by atoms with Crippen LogP contribution < -0.4 is 0 Å². The van der Waals surface area contributed by atoms with Crippen LogP contribution in [0, 0.1) is 0 Å². The van der Waals surface area contributed by atoms with Crippen LogP contribution in [0.15, 0.2) is 0 Å². The summed E-state index contributed by atoms with van der Waals surface area (Å²) in [5, 5.41) is 9.20. The maximum Gasteiger partial charge on any atom is 0.453 e. The third-order valence-corrected chi connectivity index (χ3v) is 3.41. The monoisotopic (exact) mass is 256 g/mol. The Balaban J connectivity index is 2.94. The molecular weight excluding hydrogens is 223 g/mol. The minimum atomic E-state index is -0.548. The van der Waals surface area contributed by atoms with Crippen LogP contribution in [0.4, 0.5) is 0 Å². The first-order chi connectivity index (χ1) is 8.81. The van der Waals surface area contributed by atoms with Crippen molar-refractivity contribution >= 4 is 7.12 Å². The Labute approximate surface area is 115 Å². The van der Waals surface area contributed by atoms with E-state index in [4.69, 9.17) is 4.65 Å². The third kappa shape index (κ3) is 14.0. The van der Waals surface area contributed by atoms with Crippen LogP contribution in [0.1, 0.15) is 84.5 Å². The van der Waals surface area contributed by atoms with Gasteiger partial charge in [-0.15, -0.1) is 0 Å². The molecule has 18 heavy (non-hydrogen) atoms. The summed E-state index contributed by atoms with van der Waals surface area (Å²) in [6.07, 6.45) is 15.5. The summed E-state index contributed by atoms with van der Waals surface area (Å²) in [5.74, 6) is 0. The van der Waals surface area contributed by atoms with Gasteiger partial charge in [-0.2, -0.15) is 0 Å². The maximum atomic E-state index is 9.20. The van der Waals surface area contributed by atoms with Gasteiger partial charge in [0.15, 0.2) is 0 Å². The van der Waals surface area contributed by atoms with Crippen LogP contribution in [0.2, 0.25) is 6.32 Å². The van der Waals surface area contributed by atoms with Gasteiger partial charge in [-0.05, 0) is 12.7 Å². The van der Waals surface area contributed by atoms with E-state index in [-0.39, 0.29) is 0 Å². The smallest absolute Gasteiger partial charge is 0.427 e. The van der Waals surface area contributed by atoms with Gasteiger partial charge in [-0.3, -0.25) is 0 Å². The van der Waals surface area contributed by atoms with Gasteiger partial charge in [0, 0.05) is 6.61 Å². The molecule has 3 heteroatoms. The van der Waals surface area contributed by atoms with Crippen molar-refractivity contribution in [3.8, 4) is 0 Å². The van der Waals surface area contributed by atoms with Crippen molar-refractivity contribution in [1.82, 2.24) is 0 Å². The average molecular weight is 256 g/mol. The van der Waals surface area contributed by atoms with Crippen LogP contribution in [-0.2, 0) is 4.65 Å². The summed E-state index contributed by atoms with van der Waals surface area (Å²) >= 11 is 0. The van der Waals surface area contributed by atoms with Crippen LogP contribution in [-0.4, -0.2) is 18.7 Å². The molecule has 0 aliphatic carbocycles. The Morgan fingerprint density at radius 2 is 1.17 bits per heavy atom. The van der Waals surface area contributed by atoms with Crippen molar-refractivity contribution in [2.45, 2.75) is 90.8 Å². The van der Waals surface area contributed by atoms with E-state index in [0.717, 1.165) is 6.42 Å². The second kappa shape index (κ2) is 15.0. The Morgan fingerprint density at radius 1 is 0.722 bits per heavy atom. The highest BCUT2D eigenvalue weighted by atomic mass is 16.5. The Morgan fingerprint density at radius 3 is 1.61 bits per heavy atom. The van der Waals surface area contributed by atoms with E-state index in [9.17, 15) is 5.02 Å². The molecule has 1 N–H and O–H groups in total. The van der Waals surface area contributed by atoms with Crippen molar-refractivity contribution in [3.05, 3.63) is 0 Å². The summed E-state index contributed by atoms with van der Waals surface area (Å²) in [4.78, 5) is 0. The molecule has 0 bridgehead atoms. The molecule has 0 unspecified atom stereocenters. The molecule has 0 aromatic heterocycles. The van der Waals surface area contributed by atoms with E-state index >= 15 is 0 Å². The van der Waals surface area contributed by atoms with Gasteiger partial charge >= 0.3 is 7.12 Å². The zero-order valence-corrected chi connectivity index (χ0v) is 12.6. The number of unbranched alkanes of at least 4 members (excludes halogenated alkanes) is 10. The second-order valence-electron chi connectivity index (χ2n) is 5.27. The van der Waals surface area contributed by atoms with E-state index in [0.29, 0.717) is 12.9 Å². The second-order valence-corrected chi connectivity index (χ2v) is 5.27. The lowest BCUT2D eigenvalue weighted by Crippen LogP contribution is -2.16. The van der Waals surface area contributed by atoms with Gasteiger partial charge in [-0.1, -0.05) is 78.1 Å². The molecule has 108 valence electrons. The molecule has 0 radical (unpaired) electrons. The standard InChI is InChI=1S/C15H33BO2/c1-3-5-6-7-8-9-10-11-12-13-14-15-18-16(17)4-2/h17H,3-15H2,1-2H3. The molecule has 0 heterocycles. The SMILES string of the molecule is CCCCCCCCCCCCCOB(O)CC. The van der Waals surface area contributed by atoms with Crippen molar-refractivity contribution < 1.29 is 9.68 Å². The van der Waals surface area contributed by atoms with Gasteiger partial charge in [0.2, 0.25) is 0 Å². The summed E-state index contributed by atoms with van der Waals surface area (Å²) in [7, 11) is -0.548. The van der Waals surface area contributed by atoms with Gasteiger partial charge in [-0.25, -0.2) is 0 Å². The molecule has 0 aromatic rings. The van der Waals surface area contributed by atoms with E-state index in [2.05, 4.69) is 6.92 Å². The lowest BCUT2D eigenvalue weighted by atomic mass is 9.87. The molecule has 0 aromatic carbocycles. The normalized spacial score (nSPS) is 10.8. The topological polar surface area (TPSA) is 29.5 Å². The first-order valence-corrected chi connectivity index (χ1v) is 8.11. The molecule has 0 atom stereocenters. The van der Waals surface area contributed by atoms with Gasteiger partial charge < -0.3 is 9.68 Å². The predicted molar refractivity (Wildman–Crippen MR) is 80.9 cm³/mol. The molecule has 0 fully saturated rings. The van der Waals surface area contributed by atoms with Crippen molar-refractivity contribution in [3.63, 3.8) is 0 Å². The number of hydrogen-bond acceptors (Lipinski definition) is 2. The predicted octanol–water partition coefficient (Wildman–Crippen LogP) is 4.81. The minimum Gasteiger partial charge on any atom is -0.427 e. The molecule has 0 aliphatic heterocycles. The van der Waals surface area contributed by atoms with Crippen LogP contribution in [0.3, 0.4) is 0 Å². The summed E-state index contributed by atoms with van der Waals surface area (Å²) in [6.45, 7) is 4.92. The third-order valence-electron chi connectivity index (χ3n) is 3.41. The molecule has 0 aliphatic rings. The first kappa shape index (κ1) is 18.0. The molecule has 0 saturated heterocycles. The van der Waals surface area contributed by atoms with Crippen LogP contribution in [0.25, 0.3) is 0 Å². The van der Waals surface area contributed by atoms with Gasteiger partial charge in [0.25, 0.3) is 0 Å². The molecule has 0 saturated carbocycles. The van der Waals surface area contributed by atoms with Gasteiger partial charge in [0.1, 0.15) is 0 Å². The fourth-order valence-corrected chi connectivity index (χ4v) is 2.10. The summed E-state index contributed by atoms with van der Waals surface area (Å²) < 4.78 is 5.23. The maximum absolute atomic E-state index is 9.20. The minimum absolute atomic E-state index is 0.548. The highest BCUT2D eigenvalue weighted by Crippen LogP contribution is 2.11. The largest absolute Gasteiger partial charge is 0.453 e. The lowest BCUT2D eigenvalue weighted by molar-refractivity contribution is 0.251. The van der Waals surface area contributed by atoms with E-state index in [1.165, 1.54) is 64.2 Å². The van der Waals surface area contributed by atoms with Gasteiger partial charge in [0.05, 0.1) is 0 Å². The molecule has 0 spiro atoms. The molecular formula is C15H33BO2. The quantitative estimate of drug-likeness (QED) is 0.357.